The molecule has 102 valence electrons. The van der Waals surface area contributed by atoms with Crippen LogP contribution in [0.5, 0.6) is 0 Å². The van der Waals surface area contributed by atoms with Crippen LogP contribution >= 0.6 is 0 Å². The number of hydrogen-bond donors (Lipinski definition) is 1. The van der Waals surface area contributed by atoms with Crippen LogP contribution in [0.4, 0.5) is 0 Å². The van der Waals surface area contributed by atoms with E-state index in [9.17, 15) is 0 Å². The first kappa shape index (κ1) is 16.7. The standard InChI is InChI=1S/C15H32N2/c1-8-9-10-11-17(7)13-15(5,6)12-16-14(2,3)4/h8,16H,1,9-13H2,2-7H3. The second kappa shape index (κ2) is 7.17. The Kier molecular flexibility index (Phi) is 7.03. The molecule has 0 aliphatic rings. The molecule has 0 aromatic heterocycles. The molecule has 0 spiro atoms. The summed E-state index contributed by atoms with van der Waals surface area (Å²) in [5.41, 5.74) is 0.523. The molecule has 2 nitrogen and oxygen atoms in total. The second-order valence-electron chi connectivity index (χ2n) is 6.94. The number of nitrogens with one attached hydrogen (secondary N) is 1. The van der Waals surface area contributed by atoms with Gasteiger partial charge in [0.15, 0.2) is 0 Å². The summed E-state index contributed by atoms with van der Waals surface area (Å²) in [6.45, 7) is 18.4. The molecule has 0 bridgehead atoms. The van der Waals surface area contributed by atoms with Gasteiger partial charge in [-0.1, -0.05) is 19.9 Å². The molecule has 0 rings (SSSR count). The van der Waals surface area contributed by atoms with Crippen molar-refractivity contribution in [3.05, 3.63) is 12.7 Å². The van der Waals surface area contributed by atoms with Crippen molar-refractivity contribution in [3.63, 3.8) is 0 Å². The highest BCUT2D eigenvalue weighted by Crippen LogP contribution is 2.17. The van der Waals surface area contributed by atoms with Crippen LogP contribution in [0.25, 0.3) is 0 Å². The van der Waals surface area contributed by atoms with E-state index in [4.69, 9.17) is 0 Å². The lowest BCUT2D eigenvalue weighted by Gasteiger charge is -2.33. The van der Waals surface area contributed by atoms with Crippen LogP contribution in [-0.4, -0.2) is 37.1 Å². The Bertz CT molecular complexity index is 213. The van der Waals surface area contributed by atoms with E-state index in [2.05, 4.69) is 58.5 Å². The van der Waals surface area contributed by atoms with Gasteiger partial charge in [0.05, 0.1) is 0 Å². The van der Waals surface area contributed by atoms with Gasteiger partial charge in [0, 0.05) is 18.6 Å². The molecular weight excluding hydrogens is 208 g/mol. The van der Waals surface area contributed by atoms with Crippen LogP contribution in [-0.2, 0) is 0 Å². The first-order valence-corrected chi connectivity index (χ1v) is 6.71. The fourth-order valence-corrected chi connectivity index (χ4v) is 1.88. The van der Waals surface area contributed by atoms with E-state index in [1.54, 1.807) is 0 Å². The summed E-state index contributed by atoms with van der Waals surface area (Å²) in [6.07, 6.45) is 4.33. The first-order chi connectivity index (χ1) is 7.66. The van der Waals surface area contributed by atoms with Gasteiger partial charge in [0.1, 0.15) is 0 Å². The Balaban J connectivity index is 3.93. The number of nitrogens with zero attached hydrogens (tertiary/aromatic N) is 1. The Morgan fingerprint density at radius 1 is 1.18 bits per heavy atom. The van der Waals surface area contributed by atoms with Gasteiger partial charge in [0.25, 0.3) is 0 Å². The van der Waals surface area contributed by atoms with Crippen molar-refractivity contribution in [3.8, 4) is 0 Å². The van der Waals surface area contributed by atoms with E-state index in [1.807, 2.05) is 6.08 Å². The average Bonchev–Trinajstić information content (AvgIpc) is 2.14. The van der Waals surface area contributed by atoms with Gasteiger partial charge in [-0.05, 0) is 52.6 Å². The third-order valence-electron chi connectivity index (χ3n) is 2.74. The van der Waals surface area contributed by atoms with Gasteiger partial charge in [-0.3, -0.25) is 0 Å². The van der Waals surface area contributed by atoms with E-state index >= 15 is 0 Å². The monoisotopic (exact) mass is 240 g/mol. The van der Waals surface area contributed by atoms with E-state index in [0.29, 0.717) is 5.41 Å². The molecule has 0 unspecified atom stereocenters. The smallest absolute Gasteiger partial charge is 0.00967 e. The molecule has 0 amide bonds. The summed E-state index contributed by atoms with van der Waals surface area (Å²) in [5, 5.41) is 3.59. The summed E-state index contributed by atoms with van der Waals surface area (Å²) < 4.78 is 0. The molecule has 0 aromatic carbocycles. The topological polar surface area (TPSA) is 15.3 Å². The van der Waals surface area contributed by atoms with Gasteiger partial charge in [-0.2, -0.15) is 0 Å². The minimum atomic E-state index is 0.207. The predicted molar refractivity (Wildman–Crippen MR) is 78.5 cm³/mol. The van der Waals surface area contributed by atoms with Crippen molar-refractivity contribution in [2.45, 2.75) is 53.0 Å². The summed E-state index contributed by atoms with van der Waals surface area (Å²) >= 11 is 0. The van der Waals surface area contributed by atoms with Crippen molar-refractivity contribution in [1.29, 1.82) is 0 Å². The molecule has 0 aliphatic carbocycles. The van der Waals surface area contributed by atoms with Crippen molar-refractivity contribution < 1.29 is 0 Å². The van der Waals surface area contributed by atoms with Crippen molar-refractivity contribution >= 4 is 0 Å². The Morgan fingerprint density at radius 2 is 1.76 bits per heavy atom. The second-order valence-corrected chi connectivity index (χ2v) is 6.94. The Labute approximate surface area is 108 Å². The number of unbranched alkanes of at least 4 members (excludes halogenated alkanes) is 1. The van der Waals surface area contributed by atoms with E-state index in [0.717, 1.165) is 26.1 Å². The summed E-state index contributed by atoms with van der Waals surface area (Å²) in [7, 11) is 2.21. The van der Waals surface area contributed by atoms with Gasteiger partial charge < -0.3 is 10.2 Å². The molecular formula is C15H32N2. The van der Waals surface area contributed by atoms with E-state index in [1.165, 1.54) is 6.42 Å². The minimum Gasteiger partial charge on any atom is -0.311 e. The highest BCUT2D eigenvalue weighted by atomic mass is 15.1. The van der Waals surface area contributed by atoms with Gasteiger partial charge >= 0.3 is 0 Å². The van der Waals surface area contributed by atoms with Crippen LogP contribution in [0.15, 0.2) is 12.7 Å². The summed E-state index contributed by atoms with van der Waals surface area (Å²) in [5.74, 6) is 0. The average molecular weight is 240 g/mol. The normalized spacial score (nSPS) is 13.1. The molecule has 2 heteroatoms. The quantitative estimate of drug-likeness (QED) is 0.517. The van der Waals surface area contributed by atoms with Crippen LogP contribution < -0.4 is 5.32 Å². The van der Waals surface area contributed by atoms with Gasteiger partial charge in [-0.15, -0.1) is 6.58 Å². The van der Waals surface area contributed by atoms with Gasteiger partial charge in [-0.25, -0.2) is 0 Å². The predicted octanol–water partition coefficient (Wildman–Crippen LogP) is 3.30. The molecule has 0 radical (unpaired) electrons. The van der Waals surface area contributed by atoms with Crippen LogP contribution in [0.2, 0.25) is 0 Å². The molecule has 0 saturated carbocycles. The number of hydrogen-bond acceptors (Lipinski definition) is 2. The van der Waals surface area contributed by atoms with Crippen LogP contribution in [0.1, 0.15) is 47.5 Å². The number of rotatable bonds is 8. The highest BCUT2D eigenvalue weighted by Gasteiger charge is 2.22. The maximum atomic E-state index is 3.76. The molecule has 0 heterocycles. The van der Waals surface area contributed by atoms with Crippen molar-refractivity contribution in [1.82, 2.24) is 10.2 Å². The lowest BCUT2D eigenvalue weighted by molar-refractivity contribution is 0.190. The van der Waals surface area contributed by atoms with Crippen molar-refractivity contribution in [2.75, 3.05) is 26.7 Å². The minimum absolute atomic E-state index is 0.207. The van der Waals surface area contributed by atoms with E-state index < -0.39 is 0 Å². The Hall–Kier alpha value is -0.340. The highest BCUT2D eigenvalue weighted by molar-refractivity contribution is 4.80. The molecule has 0 saturated heterocycles. The zero-order valence-corrected chi connectivity index (χ0v) is 12.8. The van der Waals surface area contributed by atoms with Gasteiger partial charge in [0.2, 0.25) is 0 Å². The zero-order valence-electron chi connectivity index (χ0n) is 12.8. The summed E-state index contributed by atoms with van der Waals surface area (Å²) in [6, 6.07) is 0. The Morgan fingerprint density at radius 3 is 2.24 bits per heavy atom. The molecule has 0 aliphatic heterocycles. The zero-order chi connectivity index (χ0) is 13.5. The van der Waals surface area contributed by atoms with E-state index in [-0.39, 0.29) is 5.54 Å². The lowest BCUT2D eigenvalue weighted by Crippen LogP contribution is -2.45. The lowest BCUT2D eigenvalue weighted by atomic mass is 9.91. The fraction of sp³-hybridized carbons (Fsp3) is 0.867. The van der Waals surface area contributed by atoms with Crippen LogP contribution in [0.3, 0.4) is 0 Å². The number of allylic oxidation sites excluding steroid dienone is 1. The molecule has 1 N–H and O–H groups in total. The molecule has 0 fully saturated rings. The van der Waals surface area contributed by atoms with Crippen molar-refractivity contribution in [2.24, 2.45) is 5.41 Å². The van der Waals surface area contributed by atoms with Crippen LogP contribution in [0, 0.1) is 5.41 Å². The molecule has 0 atom stereocenters. The largest absolute Gasteiger partial charge is 0.311 e. The maximum absolute atomic E-state index is 3.76. The summed E-state index contributed by atoms with van der Waals surface area (Å²) in [4.78, 5) is 2.42. The third-order valence-corrected chi connectivity index (χ3v) is 2.74. The third kappa shape index (κ3) is 10.5. The SMILES string of the molecule is C=CCCCN(C)CC(C)(C)CNC(C)(C)C. The maximum Gasteiger partial charge on any atom is 0.00967 e. The molecule has 17 heavy (non-hydrogen) atoms. The fourth-order valence-electron chi connectivity index (χ4n) is 1.88. The first-order valence-electron chi connectivity index (χ1n) is 6.71. The molecule has 0 aromatic rings.